The number of ether oxygens (including phenoxy) is 1. The van der Waals surface area contributed by atoms with E-state index in [0.29, 0.717) is 29.7 Å². The van der Waals surface area contributed by atoms with E-state index in [9.17, 15) is 4.39 Å². The zero-order valence-corrected chi connectivity index (χ0v) is 16.3. The van der Waals surface area contributed by atoms with Gasteiger partial charge in [0.05, 0.1) is 18.4 Å². The molecule has 1 atom stereocenters. The fourth-order valence-electron chi connectivity index (χ4n) is 3.89. The van der Waals surface area contributed by atoms with Gasteiger partial charge in [0.15, 0.2) is 0 Å². The minimum Gasteiger partial charge on any atom is -0.497 e. The summed E-state index contributed by atoms with van der Waals surface area (Å²) >= 11 is 0. The molecular weight excluding hydrogens is 355 g/mol. The van der Waals surface area contributed by atoms with Gasteiger partial charge >= 0.3 is 0 Å². The van der Waals surface area contributed by atoms with Crippen LogP contribution in [0.5, 0.6) is 5.75 Å². The molecule has 4 rings (SSSR count). The summed E-state index contributed by atoms with van der Waals surface area (Å²) in [5.74, 6) is 1.79. The van der Waals surface area contributed by atoms with Crippen LogP contribution in [0.15, 0.2) is 52.9 Å². The molecule has 0 unspecified atom stereocenters. The fourth-order valence-corrected chi connectivity index (χ4v) is 3.89. The summed E-state index contributed by atoms with van der Waals surface area (Å²) in [7, 11) is 1.56. The van der Waals surface area contributed by atoms with Crippen molar-refractivity contribution in [1.29, 1.82) is 0 Å². The van der Waals surface area contributed by atoms with Crippen LogP contribution in [0.25, 0.3) is 11.5 Å². The first-order chi connectivity index (χ1) is 13.6. The molecule has 2 aromatic carbocycles. The summed E-state index contributed by atoms with van der Waals surface area (Å²) in [5, 5.41) is 0. The van der Waals surface area contributed by atoms with Crippen molar-refractivity contribution in [2.24, 2.45) is 0 Å². The maximum Gasteiger partial charge on any atom is 0.229 e. The third-order valence-electron chi connectivity index (χ3n) is 5.45. The molecule has 0 bridgehead atoms. The Kier molecular flexibility index (Phi) is 5.44. The Labute approximate surface area is 165 Å². The van der Waals surface area contributed by atoms with E-state index in [2.05, 4.69) is 40.2 Å². The molecular formula is C23H25FN2O2. The van der Waals surface area contributed by atoms with Crippen LogP contribution in [0, 0.1) is 12.7 Å². The summed E-state index contributed by atoms with van der Waals surface area (Å²) < 4.78 is 25.3. The minimum atomic E-state index is -0.365. The fraction of sp³-hybridized carbons (Fsp3) is 0.348. The highest BCUT2D eigenvalue weighted by atomic mass is 19.1. The zero-order chi connectivity index (χ0) is 19.5. The van der Waals surface area contributed by atoms with E-state index in [1.807, 2.05) is 6.92 Å². The zero-order valence-electron chi connectivity index (χ0n) is 16.3. The van der Waals surface area contributed by atoms with Gasteiger partial charge in [0, 0.05) is 13.1 Å². The molecule has 4 nitrogen and oxygen atoms in total. The van der Waals surface area contributed by atoms with Crippen molar-refractivity contribution >= 4 is 0 Å². The third kappa shape index (κ3) is 3.94. The number of piperidine rings is 1. The molecule has 28 heavy (non-hydrogen) atoms. The van der Waals surface area contributed by atoms with Crippen molar-refractivity contribution in [2.75, 3.05) is 20.2 Å². The molecule has 0 aliphatic carbocycles. The number of rotatable bonds is 5. The average molecular weight is 380 g/mol. The Morgan fingerprint density at radius 3 is 2.82 bits per heavy atom. The lowest BCUT2D eigenvalue weighted by Crippen LogP contribution is -2.34. The number of oxazole rings is 1. The van der Waals surface area contributed by atoms with Crippen LogP contribution in [-0.4, -0.2) is 30.1 Å². The number of aromatic nitrogens is 1. The minimum absolute atomic E-state index is 0.306. The maximum atomic E-state index is 14.3. The van der Waals surface area contributed by atoms with Crippen molar-refractivity contribution in [3.63, 3.8) is 0 Å². The van der Waals surface area contributed by atoms with Gasteiger partial charge in [-0.05, 0) is 56.0 Å². The van der Waals surface area contributed by atoms with Crippen LogP contribution >= 0.6 is 0 Å². The van der Waals surface area contributed by atoms with Gasteiger partial charge in [0.1, 0.15) is 17.3 Å². The average Bonchev–Trinajstić information content (AvgIpc) is 3.09. The number of benzene rings is 2. The summed E-state index contributed by atoms with van der Waals surface area (Å²) in [6.07, 6.45) is 2.37. The lowest BCUT2D eigenvalue weighted by Gasteiger charge is -2.32. The lowest BCUT2D eigenvalue weighted by molar-refractivity contribution is 0.197. The van der Waals surface area contributed by atoms with Crippen molar-refractivity contribution in [3.8, 4) is 17.2 Å². The number of aryl methyl sites for hydroxylation is 1. The SMILES string of the molecule is COc1ccc(F)c(-c2nc(CN3CCC[C@@H](c4ccccc4)C3)c(C)o2)c1. The van der Waals surface area contributed by atoms with Crippen LogP contribution in [0.2, 0.25) is 0 Å². The molecule has 1 aliphatic heterocycles. The molecule has 0 N–H and O–H groups in total. The van der Waals surface area contributed by atoms with E-state index in [1.54, 1.807) is 19.2 Å². The Morgan fingerprint density at radius 1 is 1.21 bits per heavy atom. The van der Waals surface area contributed by atoms with Crippen molar-refractivity contribution in [1.82, 2.24) is 9.88 Å². The molecule has 146 valence electrons. The normalized spacial score (nSPS) is 17.6. The summed E-state index contributed by atoms with van der Waals surface area (Å²) in [6, 6.07) is 15.3. The van der Waals surface area contributed by atoms with Gasteiger partial charge in [-0.2, -0.15) is 0 Å². The standard InChI is InChI=1S/C23H25FN2O2/c1-16-22(25-23(28-16)20-13-19(27-2)10-11-21(20)24)15-26-12-6-9-18(14-26)17-7-4-3-5-8-17/h3-5,7-8,10-11,13,18H,6,9,12,14-15H2,1-2H3/t18-/m1/s1. The highest BCUT2D eigenvalue weighted by Crippen LogP contribution is 2.30. The van der Waals surface area contributed by atoms with Gasteiger partial charge in [-0.15, -0.1) is 0 Å². The van der Waals surface area contributed by atoms with E-state index in [0.717, 1.165) is 31.0 Å². The second-order valence-electron chi connectivity index (χ2n) is 7.35. The number of hydrogen-bond acceptors (Lipinski definition) is 4. The van der Waals surface area contributed by atoms with E-state index in [-0.39, 0.29) is 5.82 Å². The van der Waals surface area contributed by atoms with Gasteiger partial charge in [-0.25, -0.2) is 9.37 Å². The van der Waals surface area contributed by atoms with Crippen molar-refractivity contribution in [3.05, 3.63) is 71.4 Å². The summed E-state index contributed by atoms with van der Waals surface area (Å²) in [4.78, 5) is 7.02. The van der Waals surface area contributed by atoms with Crippen LogP contribution < -0.4 is 4.74 Å². The van der Waals surface area contributed by atoms with E-state index in [4.69, 9.17) is 9.15 Å². The molecule has 2 heterocycles. The number of methoxy groups -OCH3 is 1. The van der Waals surface area contributed by atoms with Crippen molar-refractivity contribution in [2.45, 2.75) is 32.2 Å². The molecule has 0 radical (unpaired) electrons. The molecule has 0 spiro atoms. The van der Waals surface area contributed by atoms with E-state index < -0.39 is 0 Å². The molecule has 1 saturated heterocycles. The quantitative estimate of drug-likeness (QED) is 0.611. The molecule has 3 aromatic rings. The topological polar surface area (TPSA) is 38.5 Å². The van der Waals surface area contributed by atoms with Crippen LogP contribution in [0.1, 0.15) is 35.8 Å². The van der Waals surface area contributed by atoms with Gasteiger partial charge < -0.3 is 9.15 Å². The van der Waals surface area contributed by atoms with E-state index in [1.165, 1.54) is 18.1 Å². The van der Waals surface area contributed by atoms with Crippen molar-refractivity contribution < 1.29 is 13.5 Å². The Morgan fingerprint density at radius 2 is 2.04 bits per heavy atom. The largest absolute Gasteiger partial charge is 0.497 e. The van der Waals surface area contributed by atoms with Crippen LogP contribution in [0.4, 0.5) is 4.39 Å². The molecule has 1 aromatic heterocycles. The van der Waals surface area contributed by atoms with Gasteiger partial charge in [0.25, 0.3) is 0 Å². The Bertz CT molecular complexity index is 939. The molecule has 5 heteroatoms. The number of hydrogen-bond donors (Lipinski definition) is 0. The number of nitrogens with zero attached hydrogens (tertiary/aromatic N) is 2. The molecule has 1 fully saturated rings. The first kappa shape index (κ1) is 18.7. The summed E-state index contributed by atoms with van der Waals surface area (Å²) in [6.45, 7) is 4.64. The third-order valence-corrected chi connectivity index (χ3v) is 5.45. The highest BCUT2D eigenvalue weighted by molar-refractivity contribution is 5.57. The van der Waals surface area contributed by atoms with Crippen LogP contribution in [-0.2, 0) is 6.54 Å². The van der Waals surface area contributed by atoms with Gasteiger partial charge in [-0.1, -0.05) is 30.3 Å². The highest BCUT2D eigenvalue weighted by Gasteiger charge is 2.23. The monoisotopic (exact) mass is 380 g/mol. The second kappa shape index (κ2) is 8.15. The number of halogens is 1. The van der Waals surface area contributed by atoms with Gasteiger partial charge in [0.2, 0.25) is 5.89 Å². The maximum absolute atomic E-state index is 14.3. The smallest absolute Gasteiger partial charge is 0.229 e. The predicted octanol–water partition coefficient (Wildman–Crippen LogP) is 5.18. The first-order valence-electron chi connectivity index (χ1n) is 9.71. The van der Waals surface area contributed by atoms with E-state index >= 15 is 0 Å². The molecule has 1 aliphatic rings. The Hall–Kier alpha value is -2.66. The summed E-state index contributed by atoms with van der Waals surface area (Å²) in [5.41, 5.74) is 2.59. The predicted molar refractivity (Wildman–Crippen MR) is 107 cm³/mol. The van der Waals surface area contributed by atoms with Gasteiger partial charge in [-0.3, -0.25) is 4.90 Å². The first-order valence-corrected chi connectivity index (χ1v) is 9.71. The lowest BCUT2D eigenvalue weighted by atomic mass is 9.90. The number of likely N-dealkylation sites (tertiary alicyclic amines) is 1. The second-order valence-corrected chi connectivity index (χ2v) is 7.35. The Balaban J connectivity index is 1.51. The molecule has 0 amide bonds. The van der Waals surface area contributed by atoms with Crippen LogP contribution in [0.3, 0.4) is 0 Å². The molecule has 0 saturated carbocycles.